The SMILES string of the molecule is CC1(C)CC1C(C)(O)C(F)(F)Br. The maximum atomic E-state index is 12.8. The van der Waals surface area contributed by atoms with Crippen LogP contribution in [0.4, 0.5) is 8.78 Å². The zero-order chi connectivity index (χ0) is 9.78. The molecule has 72 valence electrons. The molecular formula is C8H13BrF2O. The van der Waals surface area contributed by atoms with Gasteiger partial charge in [-0.1, -0.05) is 13.8 Å². The highest BCUT2D eigenvalue weighted by molar-refractivity contribution is 9.10. The molecule has 0 aliphatic heterocycles. The molecule has 2 unspecified atom stereocenters. The highest BCUT2D eigenvalue weighted by Crippen LogP contribution is 2.61. The first-order chi connectivity index (χ1) is 5.09. The minimum absolute atomic E-state index is 0.152. The number of hydrogen-bond donors (Lipinski definition) is 1. The van der Waals surface area contributed by atoms with Crippen LogP contribution in [0.25, 0.3) is 0 Å². The predicted octanol–water partition coefficient (Wildman–Crippen LogP) is 2.77. The van der Waals surface area contributed by atoms with E-state index in [0.29, 0.717) is 6.42 Å². The molecule has 0 bridgehead atoms. The second-order valence-electron chi connectivity index (χ2n) is 4.39. The van der Waals surface area contributed by atoms with Gasteiger partial charge in [-0.05, 0) is 40.6 Å². The predicted molar refractivity (Wildman–Crippen MR) is 46.4 cm³/mol. The van der Waals surface area contributed by atoms with Crippen LogP contribution in [0.5, 0.6) is 0 Å². The molecule has 1 saturated carbocycles. The van der Waals surface area contributed by atoms with Crippen LogP contribution < -0.4 is 0 Å². The van der Waals surface area contributed by atoms with E-state index >= 15 is 0 Å². The summed E-state index contributed by atoms with van der Waals surface area (Å²) in [6, 6.07) is 0. The molecule has 1 nitrogen and oxygen atoms in total. The minimum Gasteiger partial charge on any atom is -0.383 e. The van der Waals surface area contributed by atoms with E-state index in [1.54, 1.807) is 0 Å². The Morgan fingerprint density at radius 1 is 1.50 bits per heavy atom. The quantitative estimate of drug-likeness (QED) is 0.739. The van der Waals surface area contributed by atoms with E-state index < -0.39 is 10.4 Å². The van der Waals surface area contributed by atoms with Crippen LogP contribution in [0, 0.1) is 11.3 Å². The summed E-state index contributed by atoms with van der Waals surface area (Å²) < 4.78 is 25.6. The van der Waals surface area contributed by atoms with Gasteiger partial charge >= 0.3 is 4.83 Å². The van der Waals surface area contributed by atoms with Gasteiger partial charge in [0.05, 0.1) is 0 Å². The molecule has 0 heterocycles. The molecule has 1 aliphatic carbocycles. The van der Waals surface area contributed by atoms with Crippen LogP contribution in [0.2, 0.25) is 0 Å². The van der Waals surface area contributed by atoms with Crippen LogP contribution >= 0.6 is 15.9 Å². The van der Waals surface area contributed by atoms with Gasteiger partial charge in [0.25, 0.3) is 0 Å². The van der Waals surface area contributed by atoms with Gasteiger partial charge in [0.1, 0.15) is 5.60 Å². The van der Waals surface area contributed by atoms with Crippen molar-refractivity contribution in [1.29, 1.82) is 0 Å². The van der Waals surface area contributed by atoms with Crippen molar-refractivity contribution in [2.75, 3.05) is 0 Å². The molecule has 0 aromatic rings. The fourth-order valence-corrected chi connectivity index (χ4v) is 1.90. The fourth-order valence-electron chi connectivity index (χ4n) is 1.62. The molecule has 1 aliphatic rings. The van der Waals surface area contributed by atoms with E-state index in [1.807, 2.05) is 13.8 Å². The van der Waals surface area contributed by atoms with E-state index in [1.165, 1.54) is 6.92 Å². The number of alkyl halides is 3. The number of aliphatic hydroxyl groups is 1. The first-order valence-electron chi connectivity index (χ1n) is 3.88. The smallest absolute Gasteiger partial charge is 0.329 e. The summed E-state index contributed by atoms with van der Waals surface area (Å²) in [4.78, 5) is -3.20. The molecule has 0 aromatic carbocycles. The van der Waals surface area contributed by atoms with Gasteiger partial charge < -0.3 is 5.11 Å². The molecule has 1 fully saturated rings. The van der Waals surface area contributed by atoms with Gasteiger partial charge in [0.2, 0.25) is 0 Å². The van der Waals surface area contributed by atoms with Crippen LogP contribution in [0.1, 0.15) is 27.2 Å². The molecule has 0 spiro atoms. The van der Waals surface area contributed by atoms with Crippen molar-refractivity contribution in [3.05, 3.63) is 0 Å². The van der Waals surface area contributed by atoms with Crippen molar-refractivity contribution >= 4 is 15.9 Å². The zero-order valence-corrected chi connectivity index (χ0v) is 8.95. The Labute approximate surface area is 79.3 Å². The highest BCUT2D eigenvalue weighted by Gasteiger charge is 2.64. The molecule has 12 heavy (non-hydrogen) atoms. The average Bonchev–Trinajstić information content (AvgIpc) is 2.37. The third-order valence-corrected chi connectivity index (χ3v) is 3.57. The molecule has 1 rings (SSSR count). The van der Waals surface area contributed by atoms with Crippen LogP contribution in [0.3, 0.4) is 0 Å². The van der Waals surface area contributed by atoms with Gasteiger partial charge in [-0.2, -0.15) is 8.78 Å². The lowest BCUT2D eigenvalue weighted by atomic mass is 9.95. The summed E-state index contributed by atoms with van der Waals surface area (Å²) in [5.74, 6) is -0.320. The third-order valence-electron chi connectivity index (χ3n) is 2.77. The van der Waals surface area contributed by atoms with Crippen molar-refractivity contribution in [1.82, 2.24) is 0 Å². The monoisotopic (exact) mass is 242 g/mol. The zero-order valence-electron chi connectivity index (χ0n) is 7.37. The molecule has 0 aromatic heterocycles. The molecule has 0 amide bonds. The molecule has 0 saturated heterocycles. The molecular weight excluding hydrogens is 230 g/mol. The first-order valence-corrected chi connectivity index (χ1v) is 4.67. The largest absolute Gasteiger partial charge is 0.383 e. The fraction of sp³-hybridized carbons (Fsp3) is 1.00. The van der Waals surface area contributed by atoms with Crippen LogP contribution in [-0.2, 0) is 0 Å². The normalized spacial score (nSPS) is 32.8. The summed E-state index contributed by atoms with van der Waals surface area (Å²) in [6.45, 7) is 4.94. The van der Waals surface area contributed by atoms with E-state index in [9.17, 15) is 13.9 Å². The van der Waals surface area contributed by atoms with Crippen molar-refractivity contribution in [3.8, 4) is 0 Å². The summed E-state index contributed by atoms with van der Waals surface area (Å²) in [6.07, 6.45) is 0.654. The Morgan fingerprint density at radius 2 is 1.83 bits per heavy atom. The lowest BCUT2D eigenvalue weighted by molar-refractivity contribution is -0.122. The number of rotatable bonds is 2. The summed E-state index contributed by atoms with van der Waals surface area (Å²) in [5, 5.41) is 9.53. The summed E-state index contributed by atoms with van der Waals surface area (Å²) in [7, 11) is 0. The minimum atomic E-state index is -3.20. The van der Waals surface area contributed by atoms with E-state index in [-0.39, 0.29) is 11.3 Å². The van der Waals surface area contributed by atoms with Crippen LogP contribution in [-0.4, -0.2) is 15.5 Å². The standard InChI is InChI=1S/C8H13BrF2O/c1-6(2)4-5(6)7(3,12)8(9,10)11/h5,12H,4H2,1-3H3. The number of halogens is 3. The van der Waals surface area contributed by atoms with E-state index in [4.69, 9.17) is 0 Å². The second kappa shape index (κ2) is 2.41. The lowest BCUT2D eigenvalue weighted by Crippen LogP contribution is -2.44. The molecule has 1 N–H and O–H groups in total. The van der Waals surface area contributed by atoms with Crippen molar-refractivity contribution in [2.24, 2.45) is 11.3 Å². The van der Waals surface area contributed by atoms with Crippen molar-refractivity contribution in [3.63, 3.8) is 0 Å². The molecule has 2 atom stereocenters. The topological polar surface area (TPSA) is 20.2 Å². The van der Waals surface area contributed by atoms with Gasteiger partial charge in [0.15, 0.2) is 0 Å². The molecule has 4 heteroatoms. The maximum Gasteiger partial charge on any atom is 0.329 e. The molecule has 0 radical (unpaired) electrons. The summed E-state index contributed by atoms with van der Waals surface area (Å²) in [5.41, 5.74) is -2.09. The Kier molecular flexibility index (Phi) is 2.09. The Hall–Kier alpha value is 0.300. The summed E-state index contributed by atoms with van der Waals surface area (Å²) >= 11 is 2.21. The van der Waals surface area contributed by atoms with Gasteiger partial charge in [-0.15, -0.1) is 0 Å². The first kappa shape index (κ1) is 10.4. The number of hydrogen-bond acceptors (Lipinski definition) is 1. The van der Waals surface area contributed by atoms with Gasteiger partial charge in [0, 0.05) is 0 Å². The van der Waals surface area contributed by atoms with Crippen molar-refractivity contribution in [2.45, 2.75) is 37.6 Å². The Bertz CT molecular complexity index is 196. The maximum absolute atomic E-state index is 12.8. The second-order valence-corrected chi connectivity index (χ2v) is 5.39. The lowest BCUT2D eigenvalue weighted by Gasteiger charge is -2.29. The van der Waals surface area contributed by atoms with Crippen LogP contribution in [0.15, 0.2) is 0 Å². The Morgan fingerprint density at radius 3 is 1.92 bits per heavy atom. The Balaban J connectivity index is 2.76. The van der Waals surface area contributed by atoms with E-state index in [0.717, 1.165) is 0 Å². The average molecular weight is 243 g/mol. The van der Waals surface area contributed by atoms with E-state index in [2.05, 4.69) is 15.9 Å². The third kappa shape index (κ3) is 1.51. The van der Waals surface area contributed by atoms with Gasteiger partial charge in [-0.25, -0.2) is 0 Å². The van der Waals surface area contributed by atoms with Crippen molar-refractivity contribution < 1.29 is 13.9 Å². The highest BCUT2D eigenvalue weighted by atomic mass is 79.9. The van der Waals surface area contributed by atoms with Gasteiger partial charge in [-0.3, -0.25) is 0 Å².